The molecule has 0 saturated carbocycles. The van der Waals surface area contributed by atoms with E-state index in [-0.39, 0.29) is 24.4 Å². The van der Waals surface area contributed by atoms with Crippen molar-refractivity contribution in [3.63, 3.8) is 0 Å². The zero-order chi connectivity index (χ0) is 16.7. The van der Waals surface area contributed by atoms with Gasteiger partial charge >= 0.3 is 0 Å². The summed E-state index contributed by atoms with van der Waals surface area (Å²) in [6.07, 6.45) is 0.304. The lowest BCUT2D eigenvalue weighted by Crippen LogP contribution is -2.30. The van der Waals surface area contributed by atoms with Crippen LogP contribution >= 0.6 is 0 Å². The summed E-state index contributed by atoms with van der Waals surface area (Å²) in [5.41, 5.74) is 2.47. The van der Waals surface area contributed by atoms with Crippen molar-refractivity contribution in [3.05, 3.63) is 65.5 Å². The Morgan fingerprint density at radius 1 is 1.13 bits per heavy atom. The maximum atomic E-state index is 12.8. The Morgan fingerprint density at radius 2 is 1.78 bits per heavy atom. The summed E-state index contributed by atoms with van der Waals surface area (Å²) in [6.45, 7) is 2.50. The fraction of sp³-hybridized carbons (Fsp3) is 0.278. The van der Waals surface area contributed by atoms with Crippen LogP contribution in [0.2, 0.25) is 0 Å². The van der Waals surface area contributed by atoms with E-state index < -0.39 is 0 Å². The molecule has 0 spiro atoms. The van der Waals surface area contributed by atoms with E-state index in [1.54, 1.807) is 0 Å². The SMILES string of the molecule is CC(CC(=O)Nc1ccc(F)cc1)NCc1ccccc1CO. The van der Waals surface area contributed by atoms with Crippen LogP contribution in [0.15, 0.2) is 48.5 Å². The van der Waals surface area contributed by atoms with Crippen LogP contribution in [0, 0.1) is 5.82 Å². The number of benzene rings is 2. The van der Waals surface area contributed by atoms with Crippen molar-refractivity contribution in [1.29, 1.82) is 0 Å². The molecule has 23 heavy (non-hydrogen) atoms. The van der Waals surface area contributed by atoms with Gasteiger partial charge in [0, 0.05) is 24.7 Å². The van der Waals surface area contributed by atoms with Gasteiger partial charge in [0.15, 0.2) is 0 Å². The zero-order valence-electron chi connectivity index (χ0n) is 13.1. The van der Waals surface area contributed by atoms with Crippen molar-refractivity contribution in [2.24, 2.45) is 0 Å². The molecule has 0 aliphatic rings. The van der Waals surface area contributed by atoms with Crippen LogP contribution in [0.5, 0.6) is 0 Å². The second-order valence-electron chi connectivity index (χ2n) is 5.47. The van der Waals surface area contributed by atoms with Crippen molar-refractivity contribution in [2.75, 3.05) is 5.32 Å². The Kier molecular flexibility index (Phi) is 6.26. The lowest BCUT2D eigenvalue weighted by molar-refractivity contribution is -0.116. The van der Waals surface area contributed by atoms with Crippen LogP contribution in [0.25, 0.3) is 0 Å². The normalized spacial score (nSPS) is 12.0. The van der Waals surface area contributed by atoms with Gasteiger partial charge in [-0.1, -0.05) is 24.3 Å². The number of aliphatic hydroxyl groups excluding tert-OH is 1. The average molecular weight is 316 g/mol. The Bertz CT molecular complexity index is 644. The topological polar surface area (TPSA) is 61.4 Å². The summed E-state index contributed by atoms with van der Waals surface area (Å²) in [5, 5.41) is 15.3. The maximum Gasteiger partial charge on any atom is 0.225 e. The third kappa shape index (κ3) is 5.47. The second kappa shape index (κ2) is 8.41. The summed E-state index contributed by atoms with van der Waals surface area (Å²) < 4.78 is 12.8. The molecular weight excluding hydrogens is 295 g/mol. The van der Waals surface area contributed by atoms with Gasteiger partial charge in [-0.3, -0.25) is 4.79 Å². The van der Waals surface area contributed by atoms with Gasteiger partial charge in [-0.25, -0.2) is 4.39 Å². The predicted octanol–water partition coefficient (Wildman–Crippen LogP) is 2.82. The van der Waals surface area contributed by atoms with E-state index in [1.165, 1.54) is 24.3 Å². The standard InChI is InChI=1S/C18H21FN2O2/c1-13(20-11-14-4-2-3-5-15(14)12-22)10-18(23)21-17-8-6-16(19)7-9-17/h2-9,13,20,22H,10-12H2,1H3,(H,21,23). The molecule has 0 radical (unpaired) electrons. The van der Waals surface area contributed by atoms with Gasteiger partial charge in [-0.2, -0.15) is 0 Å². The lowest BCUT2D eigenvalue weighted by Gasteiger charge is -2.15. The molecule has 122 valence electrons. The van der Waals surface area contributed by atoms with E-state index in [2.05, 4.69) is 10.6 Å². The highest BCUT2D eigenvalue weighted by atomic mass is 19.1. The number of carbonyl (C=O) groups is 1. The van der Waals surface area contributed by atoms with Crippen LogP contribution in [0.3, 0.4) is 0 Å². The third-order valence-corrected chi connectivity index (χ3v) is 3.55. The third-order valence-electron chi connectivity index (χ3n) is 3.55. The Hall–Kier alpha value is -2.24. The molecule has 1 amide bonds. The highest BCUT2D eigenvalue weighted by molar-refractivity contribution is 5.91. The van der Waals surface area contributed by atoms with E-state index in [9.17, 15) is 14.3 Å². The molecule has 0 aliphatic heterocycles. The van der Waals surface area contributed by atoms with Crippen molar-refractivity contribution >= 4 is 11.6 Å². The number of aliphatic hydroxyl groups is 1. The van der Waals surface area contributed by atoms with E-state index in [0.29, 0.717) is 18.7 Å². The summed E-state index contributed by atoms with van der Waals surface area (Å²) >= 11 is 0. The molecule has 0 saturated heterocycles. The van der Waals surface area contributed by atoms with Crippen molar-refractivity contribution < 1.29 is 14.3 Å². The summed E-state index contributed by atoms with van der Waals surface area (Å²) in [4.78, 5) is 12.0. The van der Waals surface area contributed by atoms with E-state index >= 15 is 0 Å². The van der Waals surface area contributed by atoms with Gasteiger partial charge in [0.1, 0.15) is 5.82 Å². The first-order valence-electron chi connectivity index (χ1n) is 7.55. The summed E-state index contributed by atoms with van der Waals surface area (Å²) in [7, 11) is 0. The Morgan fingerprint density at radius 3 is 2.43 bits per heavy atom. The van der Waals surface area contributed by atoms with Crippen LogP contribution in [-0.2, 0) is 17.9 Å². The molecule has 5 heteroatoms. The van der Waals surface area contributed by atoms with Crippen LogP contribution in [-0.4, -0.2) is 17.1 Å². The van der Waals surface area contributed by atoms with Crippen molar-refractivity contribution in [3.8, 4) is 0 Å². The van der Waals surface area contributed by atoms with Crippen molar-refractivity contribution in [2.45, 2.75) is 32.5 Å². The van der Waals surface area contributed by atoms with Crippen molar-refractivity contribution in [1.82, 2.24) is 5.32 Å². The minimum absolute atomic E-state index is 0.00269. The molecule has 0 aromatic heterocycles. The van der Waals surface area contributed by atoms with Crippen LogP contribution in [0.4, 0.5) is 10.1 Å². The minimum atomic E-state index is -0.333. The number of hydrogen-bond donors (Lipinski definition) is 3. The molecule has 3 N–H and O–H groups in total. The van der Waals surface area contributed by atoms with Gasteiger partial charge in [0.2, 0.25) is 5.91 Å². The highest BCUT2D eigenvalue weighted by Crippen LogP contribution is 2.10. The predicted molar refractivity (Wildman–Crippen MR) is 88.3 cm³/mol. The smallest absolute Gasteiger partial charge is 0.225 e. The molecular formula is C18H21FN2O2. The monoisotopic (exact) mass is 316 g/mol. The van der Waals surface area contributed by atoms with Gasteiger partial charge < -0.3 is 15.7 Å². The average Bonchev–Trinajstić information content (AvgIpc) is 2.55. The quantitative estimate of drug-likeness (QED) is 0.736. The lowest BCUT2D eigenvalue weighted by atomic mass is 10.1. The Balaban J connectivity index is 1.81. The molecule has 0 bridgehead atoms. The van der Waals surface area contributed by atoms with Gasteiger partial charge in [-0.05, 0) is 42.3 Å². The number of rotatable bonds is 7. The molecule has 0 fully saturated rings. The first kappa shape index (κ1) is 17.1. The molecule has 4 nitrogen and oxygen atoms in total. The number of carbonyl (C=O) groups excluding carboxylic acids is 1. The summed E-state index contributed by atoms with van der Waals surface area (Å²) in [5.74, 6) is -0.465. The van der Waals surface area contributed by atoms with Gasteiger partial charge in [0.05, 0.1) is 6.61 Å². The van der Waals surface area contributed by atoms with Gasteiger partial charge in [-0.15, -0.1) is 0 Å². The molecule has 2 rings (SSSR count). The molecule has 1 atom stereocenters. The fourth-order valence-corrected chi connectivity index (χ4v) is 2.26. The molecule has 2 aromatic carbocycles. The number of hydrogen-bond acceptors (Lipinski definition) is 3. The maximum absolute atomic E-state index is 12.8. The van der Waals surface area contributed by atoms with E-state index in [0.717, 1.165) is 11.1 Å². The zero-order valence-corrected chi connectivity index (χ0v) is 13.1. The summed E-state index contributed by atoms with van der Waals surface area (Å²) in [6, 6.07) is 13.3. The first-order valence-corrected chi connectivity index (χ1v) is 7.55. The number of amides is 1. The van der Waals surface area contributed by atoms with Gasteiger partial charge in [0.25, 0.3) is 0 Å². The fourth-order valence-electron chi connectivity index (χ4n) is 2.26. The van der Waals surface area contributed by atoms with E-state index in [4.69, 9.17) is 0 Å². The molecule has 1 unspecified atom stereocenters. The first-order chi connectivity index (χ1) is 11.1. The highest BCUT2D eigenvalue weighted by Gasteiger charge is 2.10. The molecule has 0 aliphatic carbocycles. The van der Waals surface area contributed by atoms with Crippen LogP contribution < -0.4 is 10.6 Å². The van der Waals surface area contributed by atoms with Crippen LogP contribution in [0.1, 0.15) is 24.5 Å². The Labute approximate surface area is 135 Å². The van der Waals surface area contributed by atoms with E-state index in [1.807, 2.05) is 31.2 Å². The largest absolute Gasteiger partial charge is 0.392 e. The number of anilines is 1. The number of nitrogens with one attached hydrogen (secondary N) is 2. The number of halogens is 1. The molecule has 0 heterocycles. The second-order valence-corrected chi connectivity index (χ2v) is 5.47. The minimum Gasteiger partial charge on any atom is -0.392 e. The molecule has 2 aromatic rings.